The summed E-state index contributed by atoms with van der Waals surface area (Å²) >= 11 is 1.51. The van der Waals surface area contributed by atoms with Crippen molar-refractivity contribution < 1.29 is 23.1 Å². The molecule has 0 saturated carbocycles. The van der Waals surface area contributed by atoms with Gasteiger partial charge in [0.15, 0.2) is 0 Å². The van der Waals surface area contributed by atoms with Gasteiger partial charge in [0.05, 0.1) is 18.5 Å². The van der Waals surface area contributed by atoms with Gasteiger partial charge in [-0.05, 0) is 67.6 Å². The first-order valence-electron chi connectivity index (χ1n) is 11.3. The first-order chi connectivity index (χ1) is 16.9. The maximum absolute atomic E-state index is 14.0. The van der Waals surface area contributed by atoms with Crippen LogP contribution in [0.25, 0.3) is 0 Å². The highest BCUT2D eigenvalue weighted by Crippen LogP contribution is 2.42. The maximum atomic E-state index is 14.0. The van der Waals surface area contributed by atoms with E-state index in [1.165, 1.54) is 26.7 Å². The normalized spacial score (nSPS) is 15.1. The smallest absolute Gasteiger partial charge is 0.249 e. The number of carbonyl (C=O) groups is 2. The van der Waals surface area contributed by atoms with Crippen LogP contribution in [0.15, 0.2) is 47.5 Å². The molecule has 180 valence electrons. The molecule has 0 radical (unpaired) electrons. The second-order valence-corrected chi connectivity index (χ2v) is 9.52. The molecule has 2 aliphatic rings. The number of fused-ring (bicyclic) bond motifs is 3. The van der Waals surface area contributed by atoms with Gasteiger partial charge in [0.2, 0.25) is 11.8 Å². The summed E-state index contributed by atoms with van der Waals surface area (Å²) in [5, 5.41) is 3.06. The van der Waals surface area contributed by atoms with E-state index in [2.05, 4.69) is 10.3 Å². The molecule has 1 N–H and O–H groups in total. The van der Waals surface area contributed by atoms with Crippen molar-refractivity contribution in [3.05, 3.63) is 75.7 Å². The first-order valence-corrected chi connectivity index (χ1v) is 12.2. The number of rotatable bonds is 5. The molecule has 0 spiro atoms. The van der Waals surface area contributed by atoms with E-state index in [0.29, 0.717) is 5.00 Å². The molecular weight excluding hydrogens is 472 g/mol. The Labute approximate surface area is 205 Å². The molecule has 0 atom stereocenters. The SMILES string of the molecule is COc1ccc(C2=NCC(=O)N(CC(=O)Nc3cc(F)ccc3F)c3sc4c(c32)CCCC4)cc1. The number of methoxy groups -OCH3 is 1. The lowest BCUT2D eigenvalue weighted by molar-refractivity contribution is -0.120. The summed E-state index contributed by atoms with van der Waals surface area (Å²) < 4.78 is 32.9. The number of nitrogens with zero attached hydrogens (tertiary/aromatic N) is 2. The molecule has 0 saturated heterocycles. The second kappa shape index (κ2) is 9.58. The molecule has 9 heteroatoms. The van der Waals surface area contributed by atoms with Crippen molar-refractivity contribution in [1.29, 1.82) is 0 Å². The largest absolute Gasteiger partial charge is 0.497 e. The van der Waals surface area contributed by atoms with Crippen molar-refractivity contribution in [2.24, 2.45) is 4.99 Å². The highest BCUT2D eigenvalue weighted by Gasteiger charge is 2.33. The van der Waals surface area contributed by atoms with Crippen LogP contribution >= 0.6 is 11.3 Å². The highest BCUT2D eigenvalue weighted by molar-refractivity contribution is 7.17. The van der Waals surface area contributed by atoms with Crippen LogP contribution in [-0.4, -0.2) is 37.7 Å². The molecule has 3 aromatic rings. The van der Waals surface area contributed by atoms with Crippen LogP contribution < -0.4 is 15.0 Å². The number of nitrogens with one attached hydrogen (secondary N) is 1. The van der Waals surface area contributed by atoms with Gasteiger partial charge in [0.25, 0.3) is 0 Å². The number of amides is 2. The Balaban J connectivity index is 1.52. The quantitative estimate of drug-likeness (QED) is 0.556. The molecule has 5 rings (SSSR count). The molecule has 2 amide bonds. The lowest BCUT2D eigenvalue weighted by Gasteiger charge is -2.20. The van der Waals surface area contributed by atoms with Crippen LogP contribution in [0.2, 0.25) is 0 Å². The number of hydrogen-bond donors (Lipinski definition) is 1. The van der Waals surface area contributed by atoms with E-state index in [0.717, 1.165) is 66.5 Å². The fourth-order valence-corrected chi connectivity index (χ4v) is 5.89. The predicted octanol–water partition coefficient (Wildman–Crippen LogP) is 4.74. The lowest BCUT2D eigenvalue weighted by Crippen LogP contribution is -2.39. The van der Waals surface area contributed by atoms with Crippen molar-refractivity contribution in [3.63, 3.8) is 0 Å². The average molecular weight is 496 g/mol. The van der Waals surface area contributed by atoms with Crippen LogP contribution in [0.3, 0.4) is 0 Å². The number of carbonyl (C=O) groups excluding carboxylic acids is 2. The number of benzene rings is 2. The minimum absolute atomic E-state index is 0.126. The zero-order valence-corrected chi connectivity index (χ0v) is 19.9. The Kier molecular flexibility index (Phi) is 6.34. The van der Waals surface area contributed by atoms with Crippen LogP contribution in [0.1, 0.15) is 34.4 Å². The standard InChI is InChI=1S/C26H23F2N3O3S/c1-34-17-9-6-15(7-10-17)25-24-18-4-2-3-5-21(18)35-26(24)31(23(33)13-29-25)14-22(32)30-20-12-16(27)8-11-19(20)28/h6-12H,2-5,13-14H2,1H3,(H,30,32). The zero-order valence-electron chi connectivity index (χ0n) is 19.1. The lowest BCUT2D eigenvalue weighted by atomic mass is 9.91. The van der Waals surface area contributed by atoms with E-state index in [-0.39, 0.29) is 24.7 Å². The van der Waals surface area contributed by atoms with Gasteiger partial charge in [-0.25, -0.2) is 8.78 Å². The first kappa shape index (κ1) is 23.2. The third-order valence-electron chi connectivity index (χ3n) is 6.18. The minimum Gasteiger partial charge on any atom is -0.497 e. The number of aliphatic imine (C=N–C) groups is 1. The third kappa shape index (κ3) is 4.55. The van der Waals surface area contributed by atoms with E-state index in [4.69, 9.17) is 4.74 Å². The van der Waals surface area contributed by atoms with Gasteiger partial charge in [0.1, 0.15) is 35.5 Å². The second-order valence-electron chi connectivity index (χ2n) is 8.44. The van der Waals surface area contributed by atoms with Gasteiger partial charge in [-0.2, -0.15) is 0 Å². The van der Waals surface area contributed by atoms with Crippen molar-refractivity contribution in [3.8, 4) is 5.75 Å². The summed E-state index contributed by atoms with van der Waals surface area (Å²) in [5.41, 5.74) is 3.36. The number of halogens is 2. The molecule has 1 aliphatic heterocycles. The van der Waals surface area contributed by atoms with Crippen molar-refractivity contribution in [2.45, 2.75) is 25.7 Å². The van der Waals surface area contributed by atoms with Gasteiger partial charge >= 0.3 is 0 Å². The van der Waals surface area contributed by atoms with Crippen molar-refractivity contribution >= 4 is 39.6 Å². The van der Waals surface area contributed by atoms with E-state index >= 15 is 0 Å². The minimum atomic E-state index is -0.751. The van der Waals surface area contributed by atoms with Crippen LogP contribution in [-0.2, 0) is 22.4 Å². The Morgan fingerprint density at radius 1 is 1.14 bits per heavy atom. The maximum Gasteiger partial charge on any atom is 0.249 e. The number of anilines is 2. The molecule has 1 aromatic heterocycles. The van der Waals surface area contributed by atoms with Gasteiger partial charge in [-0.15, -0.1) is 11.3 Å². The Morgan fingerprint density at radius 3 is 2.69 bits per heavy atom. The summed E-state index contributed by atoms with van der Waals surface area (Å²) in [4.78, 5) is 33.3. The van der Waals surface area contributed by atoms with Gasteiger partial charge in [-0.3, -0.25) is 19.5 Å². The molecular formula is C26H23F2N3O3S. The van der Waals surface area contributed by atoms with Crippen LogP contribution in [0.5, 0.6) is 5.75 Å². The van der Waals surface area contributed by atoms with Crippen molar-refractivity contribution in [2.75, 3.05) is 30.4 Å². The molecule has 0 bridgehead atoms. The Hall–Kier alpha value is -3.59. The van der Waals surface area contributed by atoms with E-state index in [1.807, 2.05) is 24.3 Å². The monoisotopic (exact) mass is 495 g/mol. The van der Waals surface area contributed by atoms with Crippen molar-refractivity contribution in [1.82, 2.24) is 0 Å². The fraction of sp³-hybridized carbons (Fsp3) is 0.269. The summed E-state index contributed by atoms with van der Waals surface area (Å²) in [7, 11) is 1.60. The summed E-state index contributed by atoms with van der Waals surface area (Å²) in [5.74, 6) is -1.65. The third-order valence-corrected chi connectivity index (χ3v) is 7.49. The summed E-state index contributed by atoms with van der Waals surface area (Å²) in [6.45, 7) is -0.453. The zero-order chi connectivity index (χ0) is 24.5. The summed E-state index contributed by atoms with van der Waals surface area (Å²) in [6, 6.07) is 10.4. The van der Waals surface area contributed by atoms with E-state index in [9.17, 15) is 18.4 Å². The van der Waals surface area contributed by atoms with E-state index < -0.39 is 17.5 Å². The van der Waals surface area contributed by atoms with Crippen LogP contribution in [0.4, 0.5) is 19.5 Å². The number of aryl methyl sites for hydroxylation is 1. The number of ether oxygens (including phenoxy) is 1. The topological polar surface area (TPSA) is 71.0 Å². The molecule has 0 unspecified atom stereocenters. The molecule has 6 nitrogen and oxygen atoms in total. The van der Waals surface area contributed by atoms with Gasteiger partial charge < -0.3 is 10.1 Å². The molecule has 2 aromatic carbocycles. The van der Waals surface area contributed by atoms with E-state index in [1.54, 1.807) is 7.11 Å². The highest BCUT2D eigenvalue weighted by atomic mass is 32.1. The molecule has 0 fully saturated rings. The summed E-state index contributed by atoms with van der Waals surface area (Å²) in [6.07, 6.45) is 3.89. The van der Waals surface area contributed by atoms with Crippen LogP contribution in [0, 0.1) is 11.6 Å². The molecule has 2 heterocycles. The molecule has 1 aliphatic carbocycles. The number of hydrogen-bond acceptors (Lipinski definition) is 5. The Morgan fingerprint density at radius 2 is 1.91 bits per heavy atom. The van der Waals surface area contributed by atoms with Gasteiger partial charge in [-0.1, -0.05) is 0 Å². The Bertz CT molecular complexity index is 1330. The molecule has 35 heavy (non-hydrogen) atoms. The van der Waals surface area contributed by atoms with Gasteiger partial charge in [0, 0.05) is 22.1 Å². The fourth-order valence-electron chi connectivity index (χ4n) is 4.48. The number of thiophene rings is 1. The average Bonchev–Trinajstić information content (AvgIpc) is 3.18. The predicted molar refractivity (Wildman–Crippen MR) is 132 cm³/mol.